The largest absolute Gasteiger partial charge is 0.192 e. The van der Waals surface area contributed by atoms with Crippen LogP contribution < -0.4 is 0 Å². The summed E-state index contributed by atoms with van der Waals surface area (Å²) in [6, 6.07) is 7.86. The van der Waals surface area contributed by atoms with Gasteiger partial charge in [0.05, 0.1) is 18.2 Å². The fourth-order valence-electron chi connectivity index (χ4n) is 1.26. The maximum Gasteiger partial charge on any atom is 0.102 e. The topological polar surface area (TPSA) is 23.8 Å². The monoisotopic (exact) mass is 407 g/mol. The molecular weight excluding hydrogens is 406 g/mol. The van der Waals surface area contributed by atoms with Crippen LogP contribution in [0.15, 0.2) is 31.2 Å². The van der Waals surface area contributed by atoms with Gasteiger partial charge >= 0.3 is 0 Å². The predicted octanol–water partition coefficient (Wildman–Crippen LogP) is 5.97. The maximum atomic E-state index is 9.22. The molecular formula is C11H4Br2ClNS2. The second kappa shape index (κ2) is 5.68. The van der Waals surface area contributed by atoms with Crippen molar-refractivity contribution < 1.29 is 0 Å². The molecule has 0 atom stereocenters. The Balaban J connectivity index is 2.58. The van der Waals surface area contributed by atoms with Crippen molar-refractivity contribution in [3.05, 3.63) is 41.6 Å². The van der Waals surface area contributed by atoms with Crippen molar-refractivity contribution in [2.45, 2.75) is 0 Å². The maximum absolute atomic E-state index is 9.22. The Morgan fingerprint density at radius 2 is 2.18 bits per heavy atom. The highest BCUT2D eigenvalue weighted by molar-refractivity contribution is 9.12. The minimum Gasteiger partial charge on any atom is -0.192 e. The molecule has 0 fully saturated rings. The first-order chi connectivity index (χ1) is 8.13. The van der Waals surface area contributed by atoms with Gasteiger partial charge < -0.3 is 0 Å². The summed E-state index contributed by atoms with van der Waals surface area (Å²) in [6.45, 7) is 0. The summed E-state index contributed by atoms with van der Waals surface area (Å²) in [4.78, 5) is 0.881. The first kappa shape index (κ1) is 13.3. The SMILES string of the molecule is N#C/C(=C(/Cl)c1cc(Br)sc1Br)c1cccs1. The smallest absolute Gasteiger partial charge is 0.102 e. The van der Waals surface area contributed by atoms with E-state index in [4.69, 9.17) is 11.6 Å². The Morgan fingerprint density at radius 3 is 2.65 bits per heavy atom. The van der Waals surface area contributed by atoms with Gasteiger partial charge in [0.15, 0.2) is 0 Å². The summed E-state index contributed by atoms with van der Waals surface area (Å²) in [5, 5.41) is 11.6. The Labute approximate surface area is 129 Å². The highest BCUT2D eigenvalue weighted by Crippen LogP contribution is 2.40. The molecule has 0 N–H and O–H groups in total. The van der Waals surface area contributed by atoms with E-state index >= 15 is 0 Å². The molecule has 0 radical (unpaired) electrons. The second-order valence-electron chi connectivity index (χ2n) is 3.02. The number of halogens is 3. The molecule has 0 aliphatic carbocycles. The molecule has 2 heterocycles. The third-order valence-electron chi connectivity index (χ3n) is 1.99. The summed E-state index contributed by atoms with van der Waals surface area (Å²) >= 11 is 16.2. The molecule has 0 saturated carbocycles. The van der Waals surface area contributed by atoms with Crippen molar-refractivity contribution in [2.24, 2.45) is 0 Å². The molecule has 17 heavy (non-hydrogen) atoms. The van der Waals surface area contributed by atoms with E-state index in [1.165, 1.54) is 22.7 Å². The Morgan fingerprint density at radius 1 is 1.41 bits per heavy atom. The van der Waals surface area contributed by atoms with Crippen LogP contribution in [0.4, 0.5) is 0 Å². The van der Waals surface area contributed by atoms with Gasteiger partial charge in [0, 0.05) is 10.4 Å². The molecule has 2 aromatic heterocycles. The fourth-order valence-corrected chi connectivity index (χ4v) is 5.32. The Kier molecular flexibility index (Phi) is 4.45. The summed E-state index contributed by atoms with van der Waals surface area (Å²) < 4.78 is 1.89. The zero-order chi connectivity index (χ0) is 12.4. The lowest BCUT2D eigenvalue weighted by atomic mass is 10.1. The van der Waals surface area contributed by atoms with Crippen molar-refractivity contribution in [1.82, 2.24) is 0 Å². The molecule has 2 rings (SSSR count). The zero-order valence-corrected chi connectivity index (χ0v) is 13.8. The van der Waals surface area contributed by atoms with Gasteiger partial charge in [-0.2, -0.15) is 5.26 Å². The van der Waals surface area contributed by atoms with Gasteiger partial charge in [0.25, 0.3) is 0 Å². The molecule has 0 amide bonds. The standard InChI is InChI=1S/C11H4Br2ClNS2/c12-9-4-6(11(13)17-9)10(14)7(5-15)8-2-1-3-16-8/h1-4H/b10-7-. The average Bonchev–Trinajstić information content (AvgIpc) is 2.89. The molecule has 0 aliphatic heterocycles. The highest BCUT2D eigenvalue weighted by Gasteiger charge is 2.15. The normalized spacial score (nSPS) is 12.1. The minimum atomic E-state index is 0.476. The fraction of sp³-hybridized carbons (Fsp3) is 0. The van der Waals surface area contributed by atoms with Gasteiger partial charge in [-0.15, -0.1) is 22.7 Å². The molecule has 0 unspecified atom stereocenters. The number of hydrogen-bond donors (Lipinski definition) is 0. The van der Waals surface area contributed by atoms with Crippen molar-refractivity contribution in [2.75, 3.05) is 0 Å². The molecule has 6 heteroatoms. The molecule has 0 aliphatic rings. The van der Waals surface area contributed by atoms with E-state index in [1.807, 2.05) is 23.6 Å². The van der Waals surface area contributed by atoms with Crippen molar-refractivity contribution >= 4 is 76.7 Å². The average molecular weight is 410 g/mol. The summed E-state index contributed by atoms with van der Waals surface area (Å²) in [7, 11) is 0. The van der Waals surface area contributed by atoms with Gasteiger partial charge in [-0.25, -0.2) is 0 Å². The van der Waals surface area contributed by atoms with Crippen molar-refractivity contribution in [3.8, 4) is 6.07 Å². The predicted molar refractivity (Wildman–Crippen MR) is 82.3 cm³/mol. The van der Waals surface area contributed by atoms with E-state index in [2.05, 4.69) is 37.9 Å². The first-order valence-corrected chi connectivity index (χ1v) is 8.08. The summed E-state index contributed by atoms with van der Waals surface area (Å²) in [5.41, 5.74) is 1.35. The number of allylic oxidation sites excluding steroid dienone is 1. The number of hydrogen-bond acceptors (Lipinski definition) is 3. The van der Waals surface area contributed by atoms with Crippen molar-refractivity contribution in [3.63, 3.8) is 0 Å². The molecule has 0 saturated heterocycles. The van der Waals surface area contributed by atoms with E-state index in [9.17, 15) is 5.26 Å². The van der Waals surface area contributed by atoms with Gasteiger partial charge in [-0.05, 0) is 49.4 Å². The highest BCUT2D eigenvalue weighted by atomic mass is 79.9. The van der Waals surface area contributed by atoms with Crippen LogP contribution in [0.1, 0.15) is 10.4 Å². The van der Waals surface area contributed by atoms with Crippen LogP contribution in [0.5, 0.6) is 0 Å². The van der Waals surface area contributed by atoms with E-state index in [1.54, 1.807) is 0 Å². The van der Waals surface area contributed by atoms with E-state index in [0.29, 0.717) is 10.6 Å². The van der Waals surface area contributed by atoms with Gasteiger partial charge in [-0.3, -0.25) is 0 Å². The lowest BCUT2D eigenvalue weighted by Gasteiger charge is -2.00. The lowest BCUT2D eigenvalue weighted by Crippen LogP contribution is -1.81. The quantitative estimate of drug-likeness (QED) is 0.561. The third-order valence-corrected chi connectivity index (χ3v) is 5.61. The van der Waals surface area contributed by atoms with E-state index in [-0.39, 0.29) is 0 Å². The number of nitrogens with zero attached hydrogens (tertiary/aromatic N) is 1. The van der Waals surface area contributed by atoms with Gasteiger partial charge in [-0.1, -0.05) is 17.7 Å². The van der Waals surface area contributed by atoms with Crippen LogP contribution in [0, 0.1) is 11.3 Å². The third kappa shape index (κ3) is 2.83. The minimum absolute atomic E-state index is 0.476. The number of nitriles is 1. The molecule has 0 spiro atoms. The van der Waals surface area contributed by atoms with Crippen LogP contribution in [0.2, 0.25) is 0 Å². The number of thiophene rings is 2. The van der Waals surface area contributed by atoms with Gasteiger partial charge in [0.2, 0.25) is 0 Å². The van der Waals surface area contributed by atoms with Gasteiger partial charge in [0.1, 0.15) is 6.07 Å². The second-order valence-corrected chi connectivity index (χ2v) is 8.09. The summed E-state index contributed by atoms with van der Waals surface area (Å²) in [6.07, 6.45) is 0. The van der Waals surface area contributed by atoms with Crippen LogP contribution >= 0.6 is 66.1 Å². The van der Waals surface area contributed by atoms with Crippen LogP contribution in [-0.2, 0) is 0 Å². The summed E-state index contributed by atoms with van der Waals surface area (Å²) in [5.74, 6) is 0. The molecule has 2 aromatic rings. The van der Waals surface area contributed by atoms with Crippen LogP contribution in [-0.4, -0.2) is 0 Å². The van der Waals surface area contributed by atoms with E-state index in [0.717, 1.165) is 18.0 Å². The Hall–Kier alpha value is -0.120. The molecule has 0 bridgehead atoms. The molecule has 86 valence electrons. The Bertz CT molecular complexity index is 608. The molecule has 1 nitrogen and oxygen atoms in total. The number of rotatable bonds is 2. The zero-order valence-electron chi connectivity index (χ0n) is 8.21. The van der Waals surface area contributed by atoms with Crippen molar-refractivity contribution in [1.29, 1.82) is 5.26 Å². The van der Waals surface area contributed by atoms with E-state index < -0.39 is 0 Å². The lowest BCUT2D eigenvalue weighted by molar-refractivity contribution is 1.54. The van der Waals surface area contributed by atoms with Crippen LogP contribution in [0.25, 0.3) is 10.6 Å². The van der Waals surface area contributed by atoms with Crippen LogP contribution in [0.3, 0.4) is 0 Å². The first-order valence-electron chi connectivity index (χ1n) is 4.42. The molecule has 0 aromatic carbocycles.